The van der Waals surface area contributed by atoms with E-state index in [0.717, 1.165) is 16.5 Å². The minimum atomic E-state index is 0.218. The number of aromatic nitrogens is 2. The van der Waals surface area contributed by atoms with Crippen LogP contribution in [0.3, 0.4) is 0 Å². The van der Waals surface area contributed by atoms with Crippen LogP contribution in [0.2, 0.25) is 0 Å². The SMILES string of the molecule is CSC.Cc1ccc2c(N)nc(N)nc2c1. The average Bonchev–Trinajstić information content (AvgIpc) is 2.17. The largest absolute Gasteiger partial charge is 0.383 e. The lowest BCUT2D eigenvalue weighted by molar-refractivity contribution is 1.24. The van der Waals surface area contributed by atoms with E-state index in [1.54, 1.807) is 11.8 Å². The van der Waals surface area contributed by atoms with Gasteiger partial charge < -0.3 is 11.5 Å². The summed E-state index contributed by atoms with van der Waals surface area (Å²) in [6.45, 7) is 1.99. The van der Waals surface area contributed by atoms with Crippen LogP contribution in [0.15, 0.2) is 18.2 Å². The van der Waals surface area contributed by atoms with Gasteiger partial charge in [-0.1, -0.05) is 6.07 Å². The van der Waals surface area contributed by atoms with Gasteiger partial charge in [-0.2, -0.15) is 16.7 Å². The molecule has 4 N–H and O–H groups in total. The molecule has 0 aliphatic carbocycles. The molecular formula is C11H16N4S. The van der Waals surface area contributed by atoms with Crippen LogP contribution >= 0.6 is 11.8 Å². The molecule has 1 aromatic carbocycles. The van der Waals surface area contributed by atoms with Crippen molar-refractivity contribution in [2.75, 3.05) is 24.0 Å². The Balaban J connectivity index is 0.000000386. The number of nitrogen functional groups attached to an aromatic ring is 2. The number of thioether (sulfide) groups is 1. The number of nitrogens with zero attached hydrogens (tertiary/aromatic N) is 2. The first-order chi connectivity index (χ1) is 7.58. The van der Waals surface area contributed by atoms with Gasteiger partial charge in [0.2, 0.25) is 5.95 Å². The highest BCUT2D eigenvalue weighted by atomic mass is 32.2. The van der Waals surface area contributed by atoms with E-state index in [4.69, 9.17) is 11.5 Å². The van der Waals surface area contributed by atoms with E-state index < -0.39 is 0 Å². The predicted octanol–water partition coefficient (Wildman–Crippen LogP) is 2.08. The first kappa shape index (κ1) is 12.6. The van der Waals surface area contributed by atoms with Crippen LogP contribution in [-0.2, 0) is 0 Å². The fourth-order valence-electron chi connectivity index (χ4n) is 1.28. The number of hydrogen-bond donors (Lipinski definition) is 2. The van der Waals surface area contributed by atoms with E-state index >= 15 is 0 Å². The molecule has 0 bridgehead atoms. The molecule has 1 heterocycles. The molecule has 0 radical (unpaired) electrons. The van der Waals surface area contributed by atoms with Crippen molar-refractivity contribution in [1.29, 1.82) is 0 Å². The summed E-state index contributed by atoms with van der Waals surface area (Å²) in [5.41, 5.74) is 13.1. The summed E-state index contributed by atoms with van der Waals surface area (Å²) in [6.07, 6.45) is 4.08. The molecule has 0 aliphatic rings. The Kier molecular flexibility index (Phi) is 4.37. The van der Waals surface area contributed by atoms with E-state index in [1.807, 2.05) is 37.6 Å². The van der Waals surface area contributed by atoms with Crippen LogP contribution in [-0.4, -0.2) is 22.5 Å². The second-order valence-electron chi connectivity index (χ2n) is 3.40. The van der Waals surface area contributed by atoms with E-state index in [1.165, 1.54) is 0 Å². The van der Waals surface area contributed by atoms with Crippen molar-refractivity contribution in [1.82, 2.24) is 9.97 Å². The molecular weight excluding hydrogens is 220 g/mol. The van der Waals surface area contributed by atoms with Gasteiger partial charge in [-0.25, -0.2) is 4.98 Å². The van der Waals surface area contributed by atoms with Crippen molar-refractivity contribution in [3.63, 3.8) is 0 Å². The average molecular weight is 236 g/mol. The molecule has 0 spiro atoms. The lowest BCUT2D eigenvalue weighted by Gasteiger charge is -2.02. The molecule has 0 saturated heterocycles. The first-order valence-electron chi connectivity index (χ1n) is 4.78. The van der Waals surface area contributed by atoms with Gasteiger partial charge in [0.25, 0.3) is 0 Å². The Morgan fingerprint density at radius 1 is 1.12 bits per heavy atom. The number of hydrogen-bond acceptors (Lipinski definition) is 5. The summed E-state index contributed by atoms with van der Waals surface area (Å²) >= 11 is 1.75. The van der Waals surface area contributed by atoms with Crippen LogP contribution < -0.4 is 11.5 Å². The fourth-order valence-corrected chi connectivity index (χ4v) is 1.28. The lowest BCUT2D eigenvalue weighted by atomic mass is 10.2. The minimum Gasteiger partial charge on any atom is -0.383 e. The van der Waals surface area contributed by atoms with Gasteiger partial charge in [0, 0.05) is 5.39 Å². The van der Waals surface area contributed by atoms with Gasteiger partial charge in [-0.15, -0.1) is 0 Å². The van der Waals surface area contributed by atoms with Crippen molar-refractivity contribution in [2.45, 2.75) is 6.92 Å². The second-order valence-corrected chi connectivity index (χ2v) is 4.21. The third-order valence-electron chi connectivity index (χ3n) is 1.90. The van der Waals surface area contributed by atoms with Gasteiger partial charge in [0.1, 0.15) is 5.82 Å². The lowest BCUT2D eigenvalue weighted by Crippen LogP contribution is -2.00. The summed E-state index contributed by atoms with van der Waals surface area (Å²) in [7, 11) is 0. The Morgan fingerprint density at radius 2 is 1.75 bits per heavy atom. The Bertz CT molecular complexity index is 479. The third kappa shape index (κ3) is 3.00. The quantitative estimate of drug-likeness (QED) is 0.732. The first-order valence-corrected chi connectivity index (χ1v) is 6.41. The van der Waals surface area contributed by atoms with Gasteiger partial charge in [0.15, 0.2) is 0 Å². The molecule has 0 saturated carbocycles. The molecule has 16 heavy (non-hydrogen) atoms. The van der Waals surface area contributed by atoms with Gasteiger partial charge in [-0.3, -0.25) is 0 Å². The molecule has 86 valence electrons. The highest BCUT2D eigenvalue weighted by Gasteiger charge is 2.01. The summed E-state index contributed by atoms with van der Waals surface area (Å²) in [5.74, 6) is 0.651. The van der Waals surface area contributed by atoms with Crippen molar-refractivity contribution < 1.29 is 0 Å². The van der Waals surface area contributed by atoms with Crippen LogP contribution in [0.1, 0.15) is 5.56 Å². The van der Waals surface area contributed by atoms with Crippen molar-refractivity contribution >= 4 is 34.4 Å². The number of rotatable bonds is 0. The molecule has 2 aromatic rings. The predicted molar refractivity (Wildman–Crippen MR) is 72.5 cm³/mol. The van der Waals surface area contributed by atoms with Gasteiger partial charge in [-0.05, 0) is 37.1 Å². The molecule has 0 amide bonds. The summed E-state index contributed by atoms with van der Waals surface area (Å²) in [4.78, 5) is 7.96. The van der Waals surface area contributed by atoms with Crippen molar-refractivity contribution in [3.8, 4) is 0 Å². The van der Waals surface area contributed by atoms with Crippen LogP contribution in [0, 0.1) is 6.92 Å². The molecule has 0 unspecified atom stereocenters. The maximum absolute atomic E-state index is 5.68. The van der Waals surface area contributed by atoms with Crippen LogP contribution in [0.5, 0.6) is 0 Å². The minimum absolute atomic E-state index is 0.218. The normalized spacial score (nSPS) is 9.69. The number of fused-ring (bicyclic) bond motifs is 1. The van der Waals surface area contributed by atoms with Gasteiger partial charge in [0.05, 0.1) is 5.52 Å². The van der Waals surface area contributed by atoms with Crippen molar-refractivity contribution in [3.05, 3.63) is 23.8 Å². The number of anilines is 2. The summed E-state index contributed by atoms with van der Waals surface area (Å²) in [6, 6.07) is 5.81. The zero-order valence-corrected chi connectivity index (χ0v) is 10.5. The van der Waals surface area contributed by atoms with E-state index in [0.29, 0.717) is 5.82 Å². The molecule has 5 heteroatoms. The number of nitrogens with two attached hydrogens (primary N) is 2. The third-order valence-corrected chi connectivity index (χ3v) is 1.90. The molecule has 0 aliphatic heterocycles. The highest BCUT2D eigenvalue weighted by molar-refractivity contribution is 7.97. The Labute approximate surface area is 99.5 Å². The van der Waals surface area contributed by atoms with E-state index in [-0.39, 0.29) is 5.95 Å². The van der Waals surface area contributed by atoms with Crippen LogP contribution in [0.4, 0.5) is 11.8 Å². The highest BCUT2D eigenvalue weighted by Crippen LogP contribution is 2.19. The zero-order valence-electron chi connectivity index (χ0n) is 9.69. The maximum atomic E-state index is 5.68. The molecule has 1 aromatic heterocycles. The topological polar surface area (TPSA) is 77.8 Å². The molecule has 0 atom stereocenters. The molecule has 4 nitrogen and oxygen atoms in total. The van der Waals surface area contributed by atoms with Crippen molar-refractivity contribution in [2.24, 2.45) is 0 Å². The Morgan fingerprint density at radius 3 is 2.38 bits per heavy atom. The van der Waals surface area contributed by atoms with E-state index in [2.05, 4.69) is 9.97 Å². The number of benzene rings is 1. The Hall–Kier alpha value is -1.49. The monoisotopic (exact) mass is 236 g/mol. The van der Waals surface area contributed by atoms with Gasteiger partial charge >= 0.3 is 0 Å². The summed E-state index contributed by atoms with van der Waals surface area (Å²) < 4.78 is 0. The second kappa shape index (κ2) is 5.55. The summed E-state index contributed by atoms with van der Waals surface area (Å²) in [5, 5.41) is 0.847. The maximum Gasteiger partial charge on any atom is 0.222 e. The molecule has 2 rings (SSSR count). The fraction of sp³-hybridized carbons (Fsp3) is 0.273. The zero-order chi connectivity index (χ0) is 12.1. The number of aryl methyl sites for hydroxylation is 1. The van der Waals surface area contributed by atoms with Crippen LogP contribution in [0.25, 0.3) is 10.9 Å². The standard InChI is InChI=1S/C9H10N4.C2H6S/c1-5-2-3-6-7(4-5)12-9(11)13-8(6)10;1-3-2/h2-4H,1H3,(H4,10,11,12,13);1-2H3. The molecule has 0 fully saturated rings. The smallest absolute Gasteiger partial charge is 0.222 e. The van der Waals surface area contributed by atoms with E-state index in [9.17, 15) is 0 Å².